The second kappa shape index (κ2) is 4.53. The maximum atomic E-state index is 11.7. The first-order chi connectivity index (χ1) is 7.65. The molecule has 16 heavy (non-hydrogen) atoms. The van der Waals surface area contributed by atoms with Crippen LogP contribution in [0.3, 0.4) is 0 Å². The van der Waals surface area contributed by atoms with Crippen LogP contribution < -0.4 is 0 Å². The molecule has 0 aliphatic carbocycles. The minimum atomic E-state index is 0.150. The van der Waals surface area contributed by atoms with Crippen LogP contribution in [0.5, 0.6) is 5.75 Å². The highest BCUT2D eigenvalue weighted by Crippen LogP contribution is 2.14. The average Bonchev–Trinajstić information content (AvgIpc) is 2.22. The van der Waals surface area contributed by atoms with E-state index in [1.165, 1.54) is 0 Å². The SMILES string of the molecule is CN1CCN(Cc2cccc(O)c2)C(=O)C1. The molecule has 0 saturated carbocycles. The Kier molecular flexibility index (Phi) is 3.10. The highest BCUT2D eigenvalue weighted by molar-refractivity contribution is 5.79. The van der Waals surface area contributed by atoms with Gasteiger partial charge >= 0.3 is 0 Å². The number of phenols is 1. The zero-order valence-corrected chi connectivity index (χ0v) is 9.39. The summed E-state index contributed by atoms with van der Waals surface area (Å²) in [5.41, 5.74) is 0.970. The fourth-order valence-corrected chi connectivity index (χ4v) is 1.87. The Morgan fingerprint density at radius 3 is 2.88 bits per heavy atom. The summed E-state index contributed by atoms with van der Waals surface area (Å²) < 4.78 is 0. The van der Waals surface area contributed by atoms with Crippen molar-refractivity contribution in [2.24, 2.45) is 0 Å². The molecule has 0 bridgehead atoms. The van der Waals surface area contributed by atoms with E-state index in [1.54, 1.807) is 18.2 Å². The van der Waals surface area contributed by atoms with E-state index in [0.29, 0.717) is 13.1 Å². The van der Waals surface area contributed by atoms with E-state index in [9.17, 15) is 9.90 Å². The second-order valence-electron chi connectivity index (χ2n) is 4.22. The molecule has 4 heteroatoms. The largest absolute Gasteiger partial charge is 0.508 e. The van der Waals surface area contributed by atoms with Gasteiger partial charge in [0.2, 0.25) is 5.91 Å². The number of likely N-dealkylation sites (N-methyl/N-ethyl adjacent to an activating group) is 1. The van der Waals surface area contributed by atoms with Gasteiger partial charge in [-0.05, 0) is 24.7 Å². The summed E-state index contributed by atoms with van der Waals surface area (Å²) >= 11 is 0. The molecule has 0 aromatic heterocycles. The fraction of sp³-hybridized carbons (Fsp3) is 0.417. The van der Waals surface area contributed by atoms with Gasteiger partial charge in [0.25, 0.3) is 0 Å². The maximum absolute atomic E-state index is 11.7. The summed E-state index contributed by atoms with van der Waals surface area (Å²) in [6, 6.07) is 7.05. The van der Waals surface area contributed by atoms with Crippen molar-refractivity contribution in [3.05, 3.63) is 29.8 Å². The Balaban J connectivity index is 2.02. The van der Waals surface area contributed by atoms with Crippen molar-refractivity contribution in [2.45, 2.75) is 6.54 Å². The van der Waals surface area contributed by atoms with Gasteiger partial charge in [-0.15, -0.1) is 0 Å². The molecule has 0 radical (unpaired) electrons. The molecular weight excluding hydrogens is 204 g/mol. The molecule has 0 spiro atoms. The Labute approximate surface area is 95.1 Å². The number of amides is 1. The minimum Gasteiger partial charge on any atom is -0.508 e. The molecule has 86 valence electrons. The van der Waals surface area contributed by atoms with Crippen LogP contribution in [0.4, 0.5) is 0 Å². The summed E-state index contributed by atoms with van der Waals surface area (Å²) in [6.07, 6.45) is 0. The van der Waals surface area contributed by atoms with Crippen molar-refractivity contribution >= 4 is 5.91 Å². The summed E-state index contributed by atoms with van der Waals surface area (Å²) in [4.78, 5) is 15.6. The zero-order chi connectivity index (χ0) is 11.5. The van der Waals surface area contributed by atoms with Crippen LogP contribution in [0.1, 0.15) is 5.56 Å². The number of hydrogen-bond donors (Lipinski definition) is 1. The topological polar surface area (TPSA) is 43.8 Å². The van der Waals surface area contributed by atoms with Crippen molar-refractivity contribution in [3.8, 4) is 5.75 Å². The Morgan fingerprint density at radius 2 is 2.19 bits per heavy atom. The number of benzene rings is 1. The van der Waals surface area contributed by atoms with Crippen molar-refractivity contribution in [1.82, 2.24) is 9.80 Å². The Bertz CT molecular complexity index is 392. The van der Waals surface area contributed by atoms with Crippen LogP contribution in [-0.2, 0) is 11.3 Å². The van der Waals surface area contributed by atoms with Crippen LogP contribution >= 0.6 is 0 Å². The quantitative estimate of drug-likeness (QED) is 0.796. The van der Waals surface area contributed by atoms with E-state index in [0.717, 1.165) is 18.7 Å². The average molecular weight is 220 g/mol. The van der Waals surface area contributed by atoms with Gasteiger partial charge in [0.1, 0.15) is 5.75 Å². The molecule has 1 aromatic rings. The first-order valence-electron chi connectivity index (χ1n) is 5.39. The van der Waals surface area contributed by atoms with Crippen LogP contribution in [0, 0.1) is 0 Å². The molecule has 1 fully saturated rings. The van der Waals surface area contributed by atoms with E-state index >= 15 is 0 Å². The Hall–Kier alpha value is -1.55. The van der Waals surface area contributed by atoms with Gasteiger partial charge in [-0.1, -0.05) is 12.1 Å². The maximum Gasteiger partial charge on any atom is 0.237 e. The Morgan fingerprint density at radius 1 is 1.38 bits per heavy atom. The molecule has 1 saturated heterocycles. The third-order valence-electron chi connectivity index (χ3n) is 2.79. The van der Waals surface area contributed by atoms with Gasteiger partial charge in [0.05, 0.1) is 6.54 Å². The predicted octanol–water partition coefficient (Wildman–Crippen LogP) is 0.666. The molecule has 0 atom stereocenters. The lowest BCUT2D eigenvalue weighted by Gasteiger charge is -2.32. The number of carbonyl (C=O) groups is 1. The number of rotatable bonds is 2. The van der Waals surface area contributed by atoms with Crippen molar-refractivity contribution < 1.29 is 9.90 Å². The number of carbonyl (C=O) groups excluding carboxylic acids is 1. The molecule has 1 aliphatic heterocycles. The molecule has 4 nitrogen and oxygen atoms in total. The van der Waals surface area contributed by atoms with E-state index < -0.39 is 0 Å². The highest BCUT2D eigenvalue weighted by Gasteiger charge is 2.21. The van der Waals surface area contributed by atoms with E-state index in [-0.39, 0.29) is 11.7 Å². The third kappa shape index (κ3) is 2.52. The molecule has 1 aliphatic rings. The van der Waals surface area contributed by atoms with Crippen LogP contribution in [0.25, 0.3) is 0 Å². The van der Waals surface area contributed by atoms with Gasteiger partial charge < -0.3 is 10.0 Å². The van der Waals surface area contributed by atoms with E-state index in [1.807, 2.05) is 22.9 Å². The first kappa shape index (κ1) is 11.0. The smallest absolute Gasteiger partial charge is 0.237 e. The van der Waals surface area contributed by atoms with Crippen LogP contribution in [0.15, 0.2) is 24.3 Å². The lowest BCUT2D eigenvalue weighted by molar-refractivity contribution is -0.136. The second-order valence-corrected chi connectivity index (χ2v) is 4.22. The van der Waals surface area contributed by atoms with Gasteiger partial charge in [-0.2, -0.15) is 0 Å². The fourth-order valence-electron chi connectivity index (χ4n) is 1.87. The number of nitrogens with zero attached hydrogens (tertiary/aromatic N) is 2. The summed E-state index contributed by atoms with van der Waals surface area (Å²) in [5, 5.41) is 9.34. The number of hydrogen-bond acceptors (Lipinski definition) is 3. The predicted molar refractivity (Wildman–Crippen MR) is 61.0 cm³/mol. The molecular formula is C12H16N2O2. The van der Waals surface area contributed by atoms with Crippen molar-refractivity contribution in [3.63, 3.8) is 0 Å². The highest BCUT2D eigenvalue weighted by atomic mass is 16.3. The number of phenolic OH excluding ortho intramolecular Hbond substituents is 1. The number of aromatic hydroxyl groups is 1. The van der Waals surface area contributed by atoms with E-state index in [2.05, 4.69) is 0 Å². The van der Waals surface area contributed by atoms with Gasteiger partial charge in [0, 0.05) is 19.6 Å². The lowest BCUT2D eigenvalue weighted by Crippen LogP contribution is -2.48. The summed E-state index contributed by atoms with van der Waals surface area (Å²) in [7, 11) is 1.95. The standard InChI is InChI=1S/C12H16N2O2/c1-13-5-6-14(12(16)9-13)8-10-3-2-4-11(15)7-10/h2-4,7,15H,5-6,8-9H2,1H3. The zero-order valence-electron chi connectivity index (χ0n) is 9.39. The molecule has 1 aromatic carbocycles. The molecule has 1 amide bonds. The first-order valence-corrected chi connectivity index (χ1v) is 5.39. The number of piperazine rings is 1. The third-order valence-corrected chi connectivity index (χ3v) is 2.79. The lowest BCUT2D eigenvalue weighted by atomic mass is 10.2. The van der Waals surface area contributed by atoms with Gasteiger partial charge in [0.15, 0.2) is 0 Å². The normalized spacial score (nSPS) is 17.8. The van der Waals surface area contributed by atoms with Gasteiger partial charge in [-0.3, -0.25) is 9.69 Å². The minimum absolute atomic E-state index is 0.150. The van der Waals surface area contributed by atoms with Gasteiger partial charge in [-0.25, -0.2) is 0 Å². The van der Waals surface area contributed by atoms with Crippen LogP contribution in [-0.4, -0.2) is 47.5 Å². The molecule has 0 unspecified atom stereocenters. The van der Waals surface area contributed by atoms with Crippen molar-refractivity contribution in [2.75, 3.05) is 26.7 Å². The molecule has 2 rings (SSSR count). The summed E-state index contributed by atoms with van der Waals surface area (Å²) in [6.45, 7) is 2.73. The summed E-state index contributed by atoms with van der Waals surface area (Å²) in [5.74, 6) is 0.399. The van der Waals surface area contributed by atoms with E-state index in [4.69, 9.17) is 0 Å². The van der Waals surface area contributed by atoms with Crippen molar-refractivity contribution in [1.29, 1.82) is 0 Å². The molecule has 1 N–H and O–H groups in total. The monoisotopic (exact) mass is 220 g/mol. The van der Waals surface area contributed by atoms with Crippen LogP contribution in [0.2, 0.25) is 0 Å². The molecule has 1 heterocycles.